The number of hydrogen-bond donors (Lipinski definition) is 0. The van der Waals surface area contributed by atoms with Crippen LogP contribution in [0.4, 0.5) is 0 Å². The maximum Gasteiger partial charge on any atom is 0.308 e. The Morgan fingerprint density at radius 2 is 1.17 bits per heavy atom. The normalized spacial score (nSPS) is 10.2. The van der Waals surface area contributed by atoms with Gasteiger partial charge in [0.2, 0.25) is 0 Å². The molecule has 0 atom stereocenters. The number of rotatable bonds is 6. The van der Waals surface area contributed by atoms with E-state index in [0.29, 0.717) is 23.0 Å². The number of hydrogen-bond acceptors (Lipinski definition) is 5. The highest BCUT2D eigenvalue weighted by atomic mass is 32.2. The van der Waals surface area contributed by atoms with Gasteiger partial charge in [-0.1, -0.05) is 36.4 Å². The van der Waals surface area contributed by atoms with Crippen LogP contribution in [-0.2, 0) is 21.1 Å². The van der Waals surface area contributed by atoms with Gasteiger partial charge in [-0.2, -0.15) is 11.8 Å². The summed E-state index contributed by atoms with van der Waals surface area (Å²) in [7, 11) is 0. The van der Waals surface area contributed by atoms with Gasteiger partial charge < -0.3 is 9.47 Å². The quantitative estimate of drug-likeness (QED) is 0.592. The van der Waals surface area contributed by atoms with E-state index in [4.69, 9.17) is 9.47 Å². The molecule has 0 aromatic heterocycles. The second-order valence-corrected chi connectivity index (χ2v) is 5.88. The number of carbonyl (C=O) groups is 2. The van der Waals surface area contributed by atoms with Gasteiger partial charge in [-0.25, -0.2) is 0 Å². The third kappa shape index (κ3) is 5.45. The summed E-state index contributed by atoms with van der Waals surface area (Å²) in [6.07, 6.45) is 0. The molecule has 2 aromatic carbocycles. The summed E-state index contributed by atoms with van der Waals surface area (Å²) in [6.45, 7) is 2.78. The molecule has 4 nitrogen and oxygen atoms in total. The van der Waals surface area contributed by atoms with Gasteiger partial charge in [-0.15, -0.1) is 0 Å². The van der Waals surface area contributed by atoms with Crippen LogP contribution in [0.15, 0.2) is 48.5 Å². The molecule has 5 heteroatoms. The van der Waals surface area contributed by atoms with Crippen molar-refractivity contribution in [3.63, 3.8) is 0 Å². The van der Waals surface area contributed by atoms with Crippen LogP contribution < -0.4 is 9.47 Å². The van der Waals surface area contributed by atoms with Crippen LogP contribution in [0.2, 0.25) is 0 Å². The van der Waals surface area contributed by atoms with Gasteiger partial charge in [0.15, 0.2) is 0 Å². The molecule has 0 aliphatic heterocycles. The van der Waals surface area contributed by atoms with Crippen molar-refractivity contribution in [2.45, 2.75) is 25.4 Å². The fourth-order valence-corrected chi connectivity index (χ4v) is 3.04. The minimum absolute atomic E-state index is 0.331. The molecule has 0 unspecified atom stereocenters. The lowest BCUT2D eigenvalue weighted by Gasteiger charge is -2.10. The molecule has 0 bridgehead atoms. The first kappa shape index (κ1) is 17.1. The molecule has 0 amide bonds. The van der Waals surface area contributed by atoms with Crippen LogP contribution in [0.5, 0.6) is 11.5 Å². The van der Waals surface area contributed by atoms with Crippen LogP contribution in [0, 0.1) is 0 Å². The Labute approximate surface area is 139 Å². The Morgan fingerprint density at radius 1 is 0.783 bits per heavy atom. The van der Waals surface area contributed by atoms with E-state index < -0.39 is 0 Å². The highest BCUT2D eigenvalue weighted by molar-refractivity contribution is 7.97. The van der Waals surface area contributed by atoms with Crippen LogP contribution in [0.3, 0.4) is 0 Å². The maximum atomic E-state index is 11.1. The van der Waals surface area contributed by atoms with Crippen molar-refractivity contribution in [1.29, 1.82) is 0 Å². The summed E-state index contributed by atoms with van der Waals surface area (Å²) in [6, 6.07) is 14.9. The number of carbonyl (C=O) groups excluding carboxylic acids is 2. The van der Waals surface area contributed by atoms with E-state index in [-0.39, 0.29) is 11.9 Å². The van der Waals surface area contributed by atoms with Gasteiger partial charge in [-0.05, 0) is 12.1 Å². The van der Waals surface area contributed by atoms with Crippen LogP contribution in [-0.4, -0.2) is 11.9 Å². The standard InChI is InChI=1S/C18H18O4S/c1-13(19)21-17-9-5-3-7-15(17)11-23-12-16-8-4-6-10-18(16)22-14(2)20/h3-10H,11-12H2,1-2H3. The van der Waals surface area contributed by atoms with Crippen molar-refractivity contribution < 1.29 is 19.1 Å². The number of thioether (sulfide) groups is 1. The molecule has 0 aliphatic carbocycles. The van der Waals surface area contributed by atoms with Crippen LogP contribution >= 0.6 is 11.8 Å². The monoisotopic (exact) mass is 330 g/mol. The molecule has 0 aliphatic rings. The van der Waals surface area contributed by atoms with Crippen molar-refractivity contribution in [3.05, 3.63) is 59.7 Å². The Hall–Kier alpha value is -2.27. The van der Waals surface area contributed by atoms with Gasteiger partial charge in [0, 0.05) is 36.5 Å². The van der Waals surface area contributed by atoms with Crippen LogP contribution in [0.1, 0.15) is 25.0 Å². The zero-order valence-corrected chi connectivity index (χ0v) is 13.9. The van der Waals surface area contributed by atoms with E-state index in [9.17, 15) is 9.59 Å². The predicted molar refractivity (Wildman–Crippen MR) is 90.5 cm³/mol. The molecule has 120 valence electrons. The fourth-order valence-electron chi connectivity index (χ4n) is 2.03. The summed E-state index contributed by atoms with van der Waals surface area (Å²) in [5.41, 5.74) is 1.91. The molecule has 0 fully saturated rings. The van der Waals surface area contributed by atoms with Gasteiger partial charge in [0.25, 0.3) is 0 Å². The molecule has 0 N–H and O–H groups in total. The van der Waals surface area contributed by atoms with Crippen molar-refractivity contribution in [2.75, 3.05) is 0 Å². The molecule has 23 heavy (non-hydrogen) atoms. The highest BCUT2D eigenvalue weighted by Crippen LogP contribution is 2.28. The summed E-state index contributed by atoms with van der Waals surface area (Å²) >= 11 is 1.66. The van der Waals surface area contributed by atoms with Crippen LogP contribution in [0.25, 0.3) is 0 Å². The lowest BCUT2D eigenvalue weighted by atomic mass is 10.2. The molecule has 2 aromatic rings. The summed E-state index contributed by atoms with van der Waals surface area (Å²) in [5, 5.41) is 0. The molecule has 0 saturated heterocycles. The largest absolute Gasteiger partial charge is 0.426 e. The summed E-state index contributed by atoms with van der Waals surface area (Å²) < 4.78 is 10.4. The average Bonchev–Trinajstić information content (AvgIpc) is 2.49. The highest BCUT2D eigenvalue weighted by Gasteiger charge is 2.08. The van der Waals surface area contributed by atoms with Gasteiger partial charge in [0.1, 0.15) is 11.5 Å². The Kier molecular flexibility index (Phi) is 6.23. The minimum Gasteiger partial charge on any atom is -0.426 e. The first-order valence-electron chi connectivity index (χ1n) is 7.16. The topological polar surface area (TPSA) is 52.6 Å². The predicted octanol–water partition coefficient (Wildman–Crippen LogP) is 3.97. The number of para-hydroxylation sites is 2. The van der Waals surface area contributed by atoms with E-state index in [0.717, 1.165) is 11.1 Å². The lowest BCUT2D eigenvalue weighted by molar-refractivity contribution is -0.132. The van der Waals surface area contributed by atoms with E-state index in [1.807, 2.05) is 36.4 Å². The minimum atomic E-state index is -0.331. The average molecular weight is 330 g/mol. The SMILES string of the molecule is CC(=O)Oc1ccccc1CSCc1ccccc1OC(C)=O. The third-order valence-electron chi connectivity index (χ3n) is 2.97. The van der Waals surface area contributed by atoms with Crippen molar-refractivity contribution in [2.24, 2.45) is 0 Å². The number of esters is 2. The third-order valence-corrected chi connectivity index (χ3v) is 4.00. The van der Waals surface area contributed by atoms with E-state index >= 15 is 0 Å². The van der Waals surface area contributed by atoms with Crippen molar-refractivity contribution in [3.8, 4) is 11.5 Å². The molecule has 0 radical (unpaired) electrons. The summed E-state index contributed by atoms with van der Waals surface area (Å²) in [5.74, 6) is 1.89. The molecule has 2 rings (SSSR count). The van der Waals surface area contributed by atoms with E-state index in [1.54, 1.807) is 23.9 Å². The van der Waals surface area contributed by atoms with Gasteiger partial charge in [0.05, 0.1) is 0 Å². The zero-order valence-electron chi connectivity index (χ0n) is 13.1. The summed E-state index contributed by atoms with van der Waals surface area (Å²) in [4.78, 5) is 22.3. The van der Waals surface area contributed by atoms with Gasteiger partial charge in [-0.3, -0.25) is 9.59 Å². The van der Waals surface area contributed by atoms with Crippen molar-refractivity contribution in [1.82, 2.24) is 0 Å². The Morgan fingerprint density at radius 3 is 1.57 bits per heavy atom. The molecule has 0 spiro atoms. The van der Waals surface area contributed by atoms with E-state index in [2.05, 4.69) is 0 Å². The smallest absolute Gasteiger partial charge is 0.308 e. The number of benzene rings is 2. The molecule has 0 heterocycles. The molecular weight excluding hydrogens is 312 g/mol. The van der Waals surface area contributed by atoms with Crippen molar-refractivity contribution >= 4 is 23.7 Å². The zero-order chi connectivity index (χ0) is 16.7. The maximum absolute atomic E-state index is 11.1. The Bertz CT molecular complexity index is 637. The first-order chi connectivity index (χ1) is 11.1. The fraction of sp³-hybridized carbons (Fsp3) is 0.222. The van der Waals surface area contributed by atoms with E-state index in [1.165, 1.54) is 13.8 Å². The first-order valence-corrected chi connectivity index (χ1v) is 8.32. The van der Waals surface area contributed by atoms with Gasteiger partial charge >= 0.3 is 11.9 Å². The molecule has 0 saturated carbocycles. The molecular formula is C18H18O4S. The Balaban J connectivity index is 2.01. The second kappa shape index (κ2) is 8.39. The lowest BCUT2D eigenvalue weighted by Crippen LogP contribution is -2.04. The number of ether oxygens (including phenoxy) is 2. The second-order valence-electron chi connectivity index (χ2n) is 4.90.